The first-order valence-corrected chi connectivity index (χ1v) is 8.68. The maximum Gasteiger partial charge on any atom is 0.342 e. The van der Waals surface area contributed by atoms with E-state index in [1.807, 2.05) is 0 Å². The number of fused-ring (bicyclic) bond motifs is 1. The number of phenolic OH excluding ortho intramolecular Hbond substituents is 1. The molecule has 8 nitrogen and oxygen atoms in total. The van der Waals surface area contributed by atoms with E-state index >= 15 is 0 Å². The van der Waals surface area contributed by atoms with Crippen LogP contribution >= 0.6 is 0 Å². The number of benzene rings is 1. The molecule has 0 saturated heterocycles. The molecule has 1 aliphatic rings. The van der Waals surface area contributed by atoms with Gasteiger partial charge in [0.15, 0.2) is 5.78 Å². The van der Waals surface area contributed by atoms with E-state index in [-0.39, 0.29) is 17.7 Å². The van der Waals surface area contributed by atoms with Crippen molar-refractivity contribution in [3.05, 3.63) is 41.5 Å². The van der Waals surface area contributed by atoms with Crippen molar-refractivity contribution >= 4 is 17.8 Å². The first-order chi connectivity index (χ1) is 13.3. The van der Waals surface area contributed by atoms with Gasteiger partial charge in [0.2, 0.25) is 0 Å². The number of carbonyl (C=O) groups is 2. The number of hydrogen-bond acceptors (Lipinski definition) is 8. The molecule has 1 unspecified atom stereocenters. The van der Waals surface area contributed by atoms with Gasteiger partial charge in [0.25, 0.3) is 0 Å². The van der Waals surface area contributed by atoms with Gasteiger partial charge in [0.1, 0.15) is 35.4 Å². The largest absolute Gasteiger partial charge is 0.507 e. The van der Waals surface area contributed by atoms with E-state index < -0.39 is 36.2 Å². The van der Waals surface area contributed by atoms with Crippen molar-refractivity contribution in [3.8, 4) is 11.5 Å². The highest BCUT2D eigenvalue weighted by molar-refractivity contribution is 5.97. The van der Waals surface area contributed by atoms with Gasteiger partial charge in [0.05, 0.1) is 13.2 Å². The number of aliphatic hydroxyl groups excluding tert-OH is 2. The van der Waals surface area contributed by atoms with Crippen molar-refractivity contribution in [1.82, 2.24) is 0 Å². The Hall–Kier alpha value is -2.68. The summed E-state index contributed by atoms with van der Waals surface area (Å²) in [5.74, 6) is -1.50. The van der Waals surface area contributed by atoms with E-state index in [0.717, 1.165) is 6.08 Å². The molecule has 2 rings (SSSR count). The topological polar surface area (TPSA) is 123 Å². The number of hydrogen-bond donors (Lipinski definition) is 3. The minimum absolute atomic E-state index is 0.0582. The third-order valence-electron chi connectivity index (χ3n) is 4.37. The van der Waals surface area contributed by atoms with Crippen molar-refractivity contribution in [2.75, 3.05) is 14.2 Å². The number of ketones is 1. The minimum Gasteiger partial charge on any atom is -0.507 e. The molecular formula is C20H24O8. The fourth-order valence-corrected chi connectivity index (χ4v) is 2.76. The summed E-state index contributed by atoms with van der Waals surface area (Å²) in [5, 5.41) is 30.3. The molecular weight excluding hydrogens is 368 g/mol. The highest BCUT2D eigenvalue weighted by Gasteiger charge is 2.26. The normalized spacial score (nSPS) is 28.6. The highest BCUT2D eigenvalue weighted by Crippen LogP contribution is 2.30. The van der Waals surface area contributed by atoms with Gasteiger partial charge in [-0.15, -0.1) is 0 Å². The van der Waals surface area contributed by atoms with Gasteiger partial charge >= 0.3 is 5.97 Å². The lowest BCUT2D eigenvalue weighted by molar-refractivity contribution is -0.127. The molecule has 1 aromatic carbocycles. The lowest BCUT2D eigenvalue weighted by Gasteiger charge is -2.21. The molecule has 8 heteroatoms. The zero-order valence-electron chi connectivity index (χ0n) is 15.9. The molecule has 0 bridgehead atoms. The summed E-state index contributed by atoms with van der Waals surface area (Å²) in [7, 11) is 2.78. The van der Waals surface area contributed by atoms with Crippen molar-refractivity contribution in [2.45, 2.75) is 37.8 Å². The van der Waals surface area contributed by atoms with Gasteiger partial charge in [-0.25, -0.2) is 4.79 Å². The zero-order valence-corrected chi connectivity index (χ0v) is 15.9. The van der Waals surface area contributed by atoms with Crippen LogP contribution in [0.4, 0.5) is 0 Å². The number of esters is 1. The summed E-state index contributed by atoms with van der Waals surface area (Å²) >= 11 is 0. The van der Waals surface area contributed by atoms with Crippen molar-refractivity contribution in [3.63, 3.8) is 0 Å². The summed E-state index contributed by atoms with van der Waals surface area (Å²) in [4.78, 5) is 24.7. The van der Waals surface area contributed by atoms with Crippen LogP contribution in [0.25, 0.3) is 6.08 Å². The molecule has 4 atom stereocenters. The molecule has 3 N–H and O–H groups in total. The Morgan fingerprint density at radius 1 is 1.14 bits per heavy atom. The quantitative estimate of drug-likeness (QED) is 0.642. The third-order valence-corrected chi connectivity index (χ3v) is 4.37. The number of aliphatic hydroxyl groups is 2. The van der Waals surface area contributed by atoms with Crippen molar-refractivity contribution in [1.29, 1.82) is 0 Å². The molecule has 28 heavy (non-hydrogen) atoms. The number of cyclic esters (lactones) is 1. The van der Waals surface area contributed by atoms with E-state index in [4.69, 9.17) is 14.2 Å². The minimum atomic E-state index is -1.61. The van der Waals surface area contributed by atoms with Crippen LogP contribution in [0.3, 0.4) is 0 Å². The molecule has 1 aromatic rings. The SMILES string of the molecule is COc1cc(O)c2c(c1)/C=C/C[C@H](O)[C@H](O)C(=O)/C=C\[C@@H](OC)C(C)OC2=O. The summed E-state index contributed by atoms with van der Waals surface area (Å²) in [6, 6.07) is 2.80. The van der Waals surface area contributed by atoms with Crippen LogP contribution in [0.1, 0.15) is 29.3 Å². The predicted octanol–water partition coefficient (Wildman–Crippen LogP) is 1.23. The Morgan fingerprint density at radius 2 is 1.86 bits per heavy atom. The van der Waals surface area contributed by atoms with Crippen LogP contribution in [0, 0.1) is 0 Å². The van der Waals surface area contributed by atoms with E-state index in [1.165, 1.54) is 44.6 Å². The number of rotatable bonds is 2. The van der Waals surface area contributed by atoms with Crippen LogP contribution in [-0.4, -0.2) is 65.7 Å². The maximum absolute atomic E-state index is 12.7. The standard InChI is InChI=1S/C20H24O8/c1-11-17(27-3)8-7-15(22)19(24)14(21)6-4-5-12-9-13(26-2)10-16(23)18(12)20(25)28-11/h4-5,7-11,14,17,19,21,23-24H,6H2,1-3H3/b5-4+,8-7-/t11?,14-,17+,19-/m0/s1. The van der Waals surface area contributed by atoms with E-state index in [1.54, 1.807) is 6.92 Å². The van der Waals surface area contributed by atoms with Crippen molar-refractivity contribution in [2.24, 2.45) is 0 Å². The Labute approximate surface area is 162 Å². The van der Waals surface area contributed by atoms with E-state index in [0.29, 0.717) is 11.3 Å². The van der Waals surface area contributed by atoms with Gasteiger partial charge < -0.3 is 29.5 Å². The van der Waals surface area contributed by atoms with Crippen LogP contribution in [0.15, 0.2) is 30.4 Å². The molecule has 1 heterocycles. The molecule has 1 aliphatic heterocycles. The molecule has 0 amide bonds. The molecule has 0 aromatic heterocycles. The summed E-state index contributed by atoms with van der Waals surface area (Å²) in [5.41, 5.74) is 0.217. The number of ether oxygens (including phenoxy) is 3. The average Bonchev–Trinajstić information content (AvgIpc) is 2.66. The fourth-order valence-electron chi connectivity index (χ4n) is 2.76. The second-order valence-corrected chi connectivity index (χ2v) is 6.33. The Balaban J connectivity index is 2.52. The maximum atomic E-state index is 12.7. The number of methoxy groups -OCH3 is 2. The lowest BCUT2D eigenvalue weighted by Crippen LogP contribution is -2.33. The molecule has 0 spiro atoms. The molecule has 0 radical (unpaired) electrons. The number of carbonyl (C=O) groups excluding carboxylic acids is 2. The Kier molecular flexibility index (Phi) is 7.33. The van der Waals surface area contributed by atoms with Gasteiger partial charge in [0, 0.05) is 13.2 Å². The third kappa shape index (κ3) is 4.98. The lowest BCUT2D eigenvalue weighted by atomic mass is 10.0. The smallest absolute Gasteiger partial charge is 0.342 e. The van der Waals surface area contributed by atoms with Gasteiger partial charge in [-0.3, -0.25) is 4.79 Å². The highest BCUT2D eigenvalue weighted by atomic mass is 16.6. The molecule has 152 valence electrons. The van der Waals surface area contributed by atoms with Crippen LogP contribution < -0.4 is 4.74 Å². The van der Waals surface area contributed by atoms with Crippen LogP contribution in [0.2, 0.25) is 0 Å². The monoisotopic (exact) mass is 392 g/mol. The first kappa shape index (κ1) is 21.6. The second-order valence-electron chi connectivity index (χ2n) is 6.33. The first-order valence-electron chi connectivity index (χ1n) is 8.68. The zero-order chi connectivity index (χ0) is 20.8. The number of aromatic hydroxyl groups is 1. The Bertz CT molecular complexity index is 783. The van der Waals surface area contributed by atoms with Crippen LogP contribution in [-0.2, 0) is 14.3 Å². The summed E-state index contributed by atoms with van der Waals surface area (Å²) < 4.78 is 15.7. The van der Waals surface area contributed by atoms with Gasteiger partial charge in [-0.2, -0.15) is 0 Å². The average molecular weight is 392 g/mol. The predicted molar refractivity (Wildman–Crippen MR) is 100 cm³/mol. The summed E-state index contributed by atoms with van der Waals surface area (Å²) in [6.45, 7) is 1.56. The fraction of sp³-hybridized carbons (Fsp3) is 0.400. The molecule has 0 aliphatic carbocycles. The molecule has 0 fully saturated rings. The molecule has 0 saturated carbocycles. The Morgan fingerprint density at radius 3 is 2.50 bits per heavy atom. The number of phenols is 1. The van der Waals surface area contributed by atoms with E-state index in [2.05, 4.69) is 0 Å². The second kappa shape index (κ2) is 9.50. The van der Waals surface area contributed by atoms with Gasteiger partial charge in [-0.05, 0) is 37.1 Å². The van der Waals surface area contributed by atoms with Crippen LogP contribution in [0.5, 0.6) is 11.5 Å². The summed E-state index contributed by atoms with van der Waals surface area (Å²) in [6.07, 6.45) is 0.774. The van der Waals surface area contributed by atoms with Crippen molar-refractivity contribution < 1.29 is 39.1 Å². The van der Waals surface area contributed by atoms with E-state index in [9.17, 15) is 24.9 Å². The van der Waals surface area contributed by atoms with Gasteiger partial charge in [-0.1, -0.05) is 12.2 Å².